The van der Waals surface area contributed by atoms with Crippen molar-refractivity contribution in [2.45, 2.75) is 13.3 Å². The normalized spacial score (nSPS) is 7.40. The molecule has 1 amide bonds. The van der Waals surface area contributed by atoms with Crippen LogP contribution in [0.5, 0.6) is 0 Å². The molecule has 90 valence electrons. The first kappa shape index (κ1) is 19.0. The van der Waals surface area contributed by atoms with Gasteiger partial charge < -0.3 is 27.4 Å². The molecule has 0 heterocycles. The van der Waals surface area contributed by atoms with Gasteiger partial charge in [-0.3, -0.25) is 9.59 Å². The summed E-state index contributed by atoms with van der Waals surface area (Å²) >= 11 is 0. The molecule has 0 aliphatic carbocycles. The van der Waals surface area contributed by atoms with Crippen LogP contribution in [-0.4, -0.2) is 41.1 Å². The minimum absolute atomic E-state index is 0. The van der Waals surface area contributed by atoms with Gasteiger partial charge in [0.05, 0.1) is 6.54 Å². The van der Waals surface area contributed by atoms with Crippen LogP contribution in [0.15, 0.2) is 0 Å². The van der Waals surface area contributed by atoms with Crippen LogP contribution < -0.4 is 17.2 Å². The van der Waals surface area contributed by atoms with Gasteiger partial charge in [0.15, 0.2) is 6.54 Å². The molecule has 8 nitrogen and oxygen atoms in total. The molecule has 9 N–H and O–H groups in total. The van der Waals surface area contributed by atoms with Gasteiger partial charge in [-0.15, -0.1) is 0 Å². The number of carboxylic acids is 2. The summed E-state index contributed by atoms with van der Waals surface area (Å²) in [4.78, 5) is 28.1. The fourth-order valence-corrected chi connectivity index (χ4v) is 0. The van der Waals surface area contributed by atoms with E-state index in [1.165, 1.54) is 0 Å². The molecule has 0 aromatic carbocycles. The van der Waals surface area contributed by atoms with E-state index >= 15 is 0 Å². The fourth-order valence-electron chi connectivity index (χ4n) is 0. The first-order chi connectivity index (χ1) is 6.81. The van der Waals surface area contributed by atoms with Gasteiger partial charge in [-0.05, 0) is 0 Å². The van der Waals surface area contributed by atoms with Crippen molar-refractivity contribution >= 4 is 17.8 Å². The maximum absolute atomic E-state index is 9.59. The van der Waals surface area contributed by atoms with Crippen LogP contribution in [0.2, 0.25) is 0 Å². The molecule has 8 heteroatoms. The van der Waals surface area contributed by atoms with Gasteiger partial charge in [-0.2, -0.15) is 0 Å². The van der Waals surface area contributed by atoms with Crippen LogP contribution in [0.25, 0.3) is 0 Å². The van der Waals surface area contributed by atoms with Crippen LogP contribution in [-0.2, 0) is 14.4 Å². The lowest BCUT2D eigenvalue weighted by atomic mass is 10.5. The smallest absolute Gasteiger partial charge is 0.480 e. The summed E-state index contributed by atoms with van der Waals surface area (Å²) in [6, 6.07) is 0. The SMILES string of the molecule is CCC(N)=O.NCC(=O)O.[H+].[NH3+]CC(=O)O. The lowest BCUT2D eigenvalue weighted by molar-refractivity contribution is -0.358. The van der Waals surface area contributed by atoms with E-state index in [1.54, 1.807) is 6.92 Å². The molecule has 0 saturated heterocycles. The van der Waals surface area contributed by atoms with Gasteiger partial charge in [-0.1, -0.05) is 6.92 Å². The fraction of sp³-hybridized carbons (Fsp3) is 0.571. The lowest BCUT2D eigenvalue weighted by Gasteiger charge is -1.73. The number of rotatable bonds is 3. The molecular weight excluding hydrogens is 206 g/mol. The van der Waals surface area contributed by atoms with Crippen molar-refractivity contribution in [3.8, 4) is 0 Å². The number of amides is 1. The highest BCUT2D eigenvalue weighted by Gasteiger charge is 1.85. The Morgan fingerprint density at radius 3 is 1.47 bits per heavy atom. The Kier molecular flexibility index (Phi) is 18.8. The number of hydrogen-bond donors (Lipinski definition) is 5. The molecule has 0 fully saturated rings. The second-order valence-corrected chi connectivity index (χ2v) is 2.06. The van der Waals surface area contributed by atoms with E-state index in [0.717, 1.165) is 0 Å². The Morgan fingerprint density at radius 1 is 1.27 bits per heavy atom. The molecular formula is C7H19N3O5+2. The molecule has 0 aromatic heterocycles. The topological polar surface area (TPSA) is 171 Å². The number of nitrogens with two attached hydrogens (primary N) is 2. The summed E-state index contributed by atoms with van der Waals surface area (Å²) in [6.07, 6.45) is 0.444. The van der Waals surface area contributed by atoms with Crippen LogP contribution >= 0.6 is 0 Å². The van der Waals surface area contributed by atoms with Crippen molar-refractivity contribution in [3.63, 3.8) is 0 Å². The van der Waals surface area contributed by atoms with Crippen LogP contribution in [0.3, 0.4) is 0 Å². The van der Waals surface area contributed by atoms with Gasteiger partial charge in [0.25, 0.3) is 0 Å². The van der Waals surface area contributed by atoms with Gasteiger partial charge >= 0.3 is 13.4 Å². The summed E-state index contributed by atoms with van der Waals surface area (Å²) < 4.78 is 0. The molecule has 15 heavy (non-hydrogen) atoms. The highest BCUT2D eigenvalue weighted by atomic mass is 16.4. The summed E-state index contributed by atoms with van der Waals surface area (Å²) in [6.45, 7) is 1.42. The maximum atomic E-state index is 9.59. The molecule has 0 radical (unpaired) electrons. The molecule has 0 saturated carbocycles. The van der Waals surface area contributed by atoms with Gasteiger partial charge in [0, 0.05) is 6.42 Å². The largest absolute Gasteiger partial charge is 1.00 e. The first-order valence-corrected chi connectivity index (χ1v) is 4.02. The predicted molar refractivity (Wildman–Crippen MR) is 52.7 cm³/mol. The number of hydrogen-bond acceptors (Lipinski definition) is 4. The van der Waals surface area contributed by atoms with Crippen molar-refractivity contribution in [2.75, 3.05) is 13.1 Å². The average Bonchev–Trinajstić information content (AvgIpc) is 2.19. The predicted octanol–water partition coefficient (Wildman–Crippen LogP) is -2.66. The maximum Gasteiger partial charge on any atom is 1.00 e. The quantitative estimate of drug-likeness (QED) is 0.350. The number of aliphatic carboxylic acids is 2. The second-order valence-electron chi connectivity index (χ2n) is 2.06. The zero-order valence-corrected chi connectivity index (χ0v) is 8.60. The molecule has 0 unspecified atom stereocenters. The Hall–Kier alpha value is -1.67. The molecule has 0 aliphatic heterocycles. The monoisotopic (exact) mass is 225 g/mol. The van der Waals surface area contributed by atoms with Crippen molar-refractivity contribution in [3.05, 3.63) is 0 Å². The minimum Gasteiger partial charge on any atom is -0.480 e. The molecule has 0 bridgehead atoms. The molecule has 0 spiro atoms. The van der Waals surface area contributed by atoms with Crippen molar-refractivity contribution in [1.29, 1.82) is 0 Å². The van der Waals surface area contributed by atoms with E-state index in [4.69, 9.17) is 10.2 Å². The highest BCUT2D eigenvalue weighted by Crippen LogP contribution is 1.63. The summed E-state index contributed by atoms with van der Waals surface area (Å²) in [5, 5.41) is 15.3. The number of carbonyl (C=O) groups excluding carboxylic acids is 1. The Bertz CT molecular complexity index is 167. The van der Waals surface area contributed by atoms with Gasteiger partial charge in [-0.25, -0.2) is 4.79 Å². The molecule has 0 aromatic rings. The van der Waals surface area contributed by atoms with Crippen LogP contribution in [0, 0.1) is 0 Å². The summed E-state index contributed by atoms with van der Waals surface area (Å²) in [5.74, 6) is -2.07. The Balaban J connectivity index is -0.0000000655. The van der Waals surface area contributed by atoms with Gasteiger partial charge in [0.1, 0.15) is 0 Å². The van der Waals surface area contributed by atoms with Crippen molar-refractivity contribution < 1.29 is 31.8 Å². The number of carbonyl (C=O) groups is 3. The number of carboxylic acid groups (broad SMARTS) is 2. The Morgan fingerprint density at radius 2 is 1.47 bits per heavy atom. The molecule has 0 atom stereocenters. The van der Waals surface area contributed by atoms with E-state index in [9.17, 15) is 14.4 Å². The van der Waals surface area contributed by atoms with Crippen molar-refractivity contribution in [2.24, 2.45) is 11.5 Å². The van der Waals surface area contributed by atoms with E-state index in [1.807, 2.05) is 0 Å². The highest BCUT2D eigenvalue weighted by molar-refractivity contribution is 5.73. The van der Waals surface area contributed by atoms with Crippen LogP contribution in [0.4, 0.5) is 0 Å². The van der Waals surface area contributed by atoms with Crippen LogP contribution in [0.1, 0.15) is 14.8 Å². The third kappa shape index (κ3) is 70.2. The third-order valence-corrected chi connectivity index (χ3v) is 0.737. The van der Waals surface area contributed by atoms with Gasteiger partial charge in [0.2, 0.25) is 5.91 Å². The summed E-state index contributed by atoms with van der Waals surface area (Å²) in [7, 11) is 0. The third-order valence-electron chi connectivity index (χ3n) is 0.737. The van der Waals surface area contributed by atoms with E-state index < -0.39 is 11.9 Å². The standard InChI is InChI=1S/C3H7NO.2C2H5NO2/c1-2-3(4)5;2*3-1-2(4)5/h2H2,1H3,(H2,4,5);2*1,3H2,(H,4,5)/p+2. The first-order valence-electron chi connectivity index (χ1n) is 4.02. The Labute approximate surface area is 88.5 Å². The van der Waals surface area contributed by atoms with E-state index in [0.29, 0.717) is 6.42 Å². The number of quaternary nitrogens is 1. The minimum atomic E-state index is -0.968. The summed E-state index contributed by atoms with van der Waals surface area (Å²) in [5.41, 5.74) is 12.3. The van der Waals surface area contributed by atoms with E-state index in [2.05, 4.69) is 17.2 Å². The van der Waals surface area contributed by atoms with E-state index in [-0.39, 0.29) is 20.4 Å². The number of primary amides is 1. The zero-order valence-electron chi connectivity index (χ0n) is 9.60. The molecule has 0 rings (SSSR count). The second kappa shape index (κ2) is 14.8. The zero-order chi connectivity index (χ0) is 12.9. The average molecular weight is 225 g/mol. The van der Waals surface area contributed by atoms with Crippen molar-refractivity contribution in [1.82, 2.24) is 0 Å². The lowest BCUT2D eigenvalue weighted by Crippen LogP contribution is -2.54. The molecule has 0 aliphatic rings.